The maximum absolute atomic E-state index is 12.0. The largest absolute Gasteiger partial charge is 0.497 e. The van der Waals surface area contributed by atoms with Gasteiger partial charge in [-0.15, -0.1) is 0 Å². The standard InChI is InChI=1S/C17H25NO5/c1-4-6-14(17(20)21)10-18-16(19)12(2)23-11-13-7-5-8-15(9-13)22-3/h5,7-9,12,14H,4,6,10-11H2,1-3H3,(H,18,19)(H,20,21). The SMILES string of the molecule is CCCC(CNC(=O)C(C)OCc1cccc(OC)c1)C(=O)O. The maximum Gasteiger partial charge on any atom is 0.308 e. The molecule has 0 saturated heterocycles. The number of ether oxygens (including phenoxy) is 2. The van der Waals surface area contributed by atoms with E-state index in [2.05, 4.69) is 5.32 Å². The number of carbonyl (C=O) groups is 2. The normalized spacial score (nSPS) is 13.2. The van der Waals surface area contributed by atoms with Crippen LogP contribution >= 0.6 is 0 Å². The monoisotopic (exact) mass is 323 g/mol. The molecule has 0 spiro atoms. The molecule has 1 amide bonds. The molecule has 0 bridgehead atoms. The van der Waals surface area contributed by atoms with Crippen LogP contribution in [0.2, 0.25) is 0 Å². The Labute approximate surface area is 136 Å². The molecule has 0 saturated carbocycles. The lowest BCUT2D eigenvalue weighted by Gasteiger charge is -2.16. The second-order valence-corrected chi connectivity index (χ2v) is 5.37. The minimum Gasteiger partial charge on any atom is -0.497 e. The van der Waals surface area contributed by atoms with Gasteiger partial charge in [-0.3, -0.25) is 9.59 Å². The van der Waals surface area contributed by atoms with Crippen molar-refractivity contribution >= 4 is 11.9 Å². The molecular formula is C17H25NO5. The fraction of sp³-hybridized carbons (Fsp3) is 0.529. The summed E-state index contributed by atoms with van der Waals surface area (Å²) in [7, 11) is 1.59. The summed E-state index contributed by atoms with van der Waals surface area (Å²) in [6.45, 7) is 3.96. The van der Waals surface area contributed by atoms with Gasteiger partial charge in [0.05, 0.1) is 19.6 Å². The van der Waals surface area contributed by atoms with Gasteiger partial charge < -0.3 is 19.9 Å². The summed E-state index contributed by atoms with van der Waals surface area (Å²) in [5.74, 6) is -1.03. The molecule has 1 rings (SSSR count). The third kappa shape index (κ3) is 6.69. The summed E-state index contributed by atoms with van der Waals surface area (Å²) in [5, 5.41) is 11.7. The molecule has 2 unspecified atom stereocenters. The Morgan fingerprint density at radius 1 is 1.35 bits per heavy atom. The molecule has 0 aliphatic carbocycles. The van der Waals surface area contributed by atoms with E-state index < -0.39 is 18.0 Å². The van der Waals surface area contributed by atoms with Crippen LogP contribution in [0.15, 0.2) is 24.3 Å². The van der Waals surface area contributed by atoms with Crippen LogP contribution in [0.25, 0.3) is 0 Å². The number of methoxy groups -OCH3 is 1. The second-order valence-electron chi connectivity index (χ2n) is 5.37. The van der Waals surface area contributed by atoms with Crippen LogP contribution in [0, 0.1) is 5.92 Å². The van der Waals surface area contributed by atoms with Crippen molar-refractivity contribution in [1.29, 1.82) is 0 Å². The minimum atomic E-state index is -0.892. The van der Waals surface area contributed by atoms with E-state index in [0.717, 1.165) is 17.7 Å². The van der Waals surface area contributed by atoms with Crippen LogP contribution in [-0.4, -0.2) is 36.7 Å². The molecule has 2 N–H and O–H groups in total. The van der Waals surface area contributed by atoms with Gasteiger partial charge in [0.2, 0.25) is 5.91 Å². The fourth-order valence-electron chi connectivity index (χ4n) is 2.09. The van der Waals surface area contributed by atoms with Crippen LogP contribution in [0.4, 0.5) is 0 Å². The van der Waals surface area contributed by atoms with Crippen molar-refractivity contribution in [2.75, 3.05) is 13.7 Å². The molecular weight excluding hydrogens is 298 g/mol. The first-order valence-corrected chi connectivity index (χ1v) is 7.73. The van der Waals surface area contributed by atoms with E-state index >= 15 is 0 Å². The zero-order valence-electron chi connectivity index (χ0n) is 13.9. The highest BCUT2D eigenvalue weighted by molar-refractivity contribution is 5.81. The van der Waals surface area contributed by atoms with Gasteiger partial charge in [-0.25, -0.2) is 0 Å². The highest BCUT2D eigenvalue weighted by Gasteiger charge is 2.19. The van der Waals surface area contributed by atoms with E-state index in [9.17, 15) is 9.59 Å². The zero-order chi connectivity index (χ0) is 17.2. The first kappa shape index (κ1) is 19.0. The van der Waals surface area contributed by atoms with Gasteiger partial charge >= 0.3 is 5.97 Å². The van der Waals surface area contributed by atoms with Gasteiger partial charge in [0.15, 0.2) is 0 Å². The molecule has 0 aliphatic heterocycles. The molecule has 0 heterocycles. The van der Waals surface area contributed by atoms with E-state index in [0.29, 0.717) is 6.42 Å². The summed E-state index contributed by atoms with van der Waals surface area (Å²) in [5.41, 5.74) is 0.901. The highest BCUT2D eigenvalue weighted by Crippen LogP contribution is 2.14. The van der Waals surface area contributed by atoms with Crippen molar-refractivity contribution in [3.8, 4) is 5.75 Å². The van der Waals surface area contributed by atoms with Crippen molar-refractivity contribution in [2.24, 2.45) is 5.92 Å². The Hall–Kier alpha value is -2.08. The number of hydrogen-bond donors (Lipinski definition) is 2. The Morgan fingerprint density at radius 2 is 2.09 bits per heavy atom. The average molecular weight is 323 g/mol. The number of carboxylic acid groups (broad SMARTS) is 1. The summed E-state index contributed by atoms with van der Waals surface area (Å²) in [6.07, 6.45) is 0.640. The molecule has 0 radical (unpaired) electrons. The number of carbonyl (C=O) groups excluding carboxylic acids is 1. The molecule has 1 aromatic carbocycles. The summed E-state index contributed by atoms with van der Waals surface area (Å²) in [6, 6.07) is 7.41. The first-order valence-electron chi connectivity index (χ1n) is 7.73. The predicted molar refractivity (Wildman–Crippen MR) is 86.3 cm³/mol. The first-order chi connectivity index (χ1) is 11.0. The quantitative estimate of drug-likeness (QED) is 0.689. The third-order valence-electron chi connectivity index (χ3n) is 3.51. The van der Waals surface area contributed by atoms with Gasteiger partial charge in [-0.1, -0.05) is 25.5 Å². The lowest BCUT2D eigenvalue weighted by molar-refractivity contribution is -0.142. The Balaban J connectivity index is 2.42. The van der Waals surface area contributed by atoms with Gasteiger partial charge in [-0.05, 0) is 31.0 Å². The summed E-state index contributed by atoms with van der Waals surface area (Å²) < 4.78 is 10.7. The van der Waals surface area contributed by atoms with Gasteiger partial charge in [-0.2, -0.15) is 0 Å². The Morgan fingerprint density at radius 3 is 2.70 bits per heavy atom. The average Bonchev–Trinajstić information content (AvgIpc) is 2.55. The van der Waals surface area contributed by atoms with Gasteiger partial charge in [0.1, 0.15) is 11.9 Å². The number of carboxylic acids is 1. The Kier molecular flexibility index (Phi) is 8.11. The number of rotatable bonds is 10. The molecule has 6 heteroatoms. The van der Waals surface area contributed by atoms with Crippen LogP contribution in [0.5, 0.6) is 5.75 Å². The van der Waals surface area contributed by atoms with Gasteiger partial charge in [0.25, 0.3) is 0 Å². The highest BCUT2D eigenvalue weighted by atomic mass is 16.5. The molecule has 0 fully saturated rings. The zero-order valence-corrected chi connectivity index (χ0v) is 13.9. The minimum absolute atomic E-state index is 0.120. The molecule has 1 aromatic rings. The van der Waals surface area contributed by atoms with Crippen molar-refractivity contribution in [3.05, 3.63) is 29.8 Å². The Bertz CT molecular complexity index is 517. The molecule has 128 valence electrons. The van der Waals surface area contributed by atoms with E-state index in [1.807, 2.05) is 31.2 Å². The van der Waals surface area contributed by atoms with E-state index in [4.69, 9.17) is 14.6 Å². The third-order valence-corrected chi connectivity index (χ3v) is 3.51. The number of nitrogens with one attached hydrogen (secondary N) is 1. The molecule has 0 aliphatic rings. The van der Waals surface area contributed by atoms with Crippen molar-refractivity contribution < 1.29 is 24.2 Å². The lowest BCUT2D eigenvalue weighted by Crippen LogP contribution is -2.39. The number of hydrogen-bond acceptors (Lipinski definition) is 4. The van der Waals surface area contributed by atoms with E-state index in [-0.39, 0.29) is 19.1 Å². The van der Waals surface area contributed by atoms with Crippen LogP contribution in [0.3, 0.4) is 0 Å². The summed E-state index contributed by atoms with van der Waals surface area (Å²) >= 11 is 0. The number of benzene rings is 1. The fourth-order valence-corrected chi connectivity index (χ4v) is 2.09. The molecule has 0 aromatic heterocycles. The lowest BCUT2D eigenvalue weighted by atomic mass is 10.0. The second kappa shape index (κ2) is 9.84. The van der Waals surface area contributed by atoms with E-state index in [1.165, 1.54) is 0 Å². The van der Waals surface area contributed by atoms with Gasteiger partial charge in [0, 0.05) is 6.54 Å². The number of aliphatic carboxylic acids is 1. The molecule has 23 heavy (non-hydrogen) atoms. The maximum atomic E-state index is 12.0. The van der Waals surface area contributed by atoms with Crippen molar-refractivity contribution in [3.63, 3.8) is 0 Å². The van der Waals surface area contributed by atoms with Crippen molar-refractivity contribution in [2.45, 2.75) is 39.4 Å². The van der Waals surface area contributed by atoms with Crippen LogP contribution in [0.1, 0.15) is 32.3 Å². The van der Waals surface area contributed by atoms with Crippen LogP contribution < -0.4 is 10.1 Å². The molecule has 6 nitrogen and oxygen atoms in total. The van der Waals surface area contributed by atoms with Crippen LogP contribution in [-0.2, 0) is 20.9 Å². The predicted octanol–water partition coefficient (Wildman–Crippen LogP) is 2.22. The summed E-state index contributed by atoms with van der Waals surface area (Å²) in [4.78, 5) is 23.0. The van der Waals surface area contributed by atoms with E-state index in [1.54, 1.807) is 14.0 Å². The number of amides is 1. The molecule has 2 atom stereocenters. The van der Waals surface area contributed by atoms with Crippen molar-refractivity contribution in [1.82, 2.24) is 5.32 Å². The smallest absolute Gasteiger partial charge is 0.308 e. The topological polar surface area (TPSA) is 84.9 Å².